The van der Waals surface area contributed by atoms with Crippen molar-refractivity contribution in [1.29, 1.82) is 0 Å². The Balaban J connectivity index is 5.29. The minimum atomic E-state index is -4.97. The Morgan fingerprint density at radius 2 is 0.545 bits per heavy atom. The van der Waals surface area contributed by atoms with Gasteiger partial charge in [-0.3, -0.25) is 37.3 Å². The summed E-state index contributed by atoms with van der Waals surface area (Å²) < 4.78 is 68.6. The van der Waals surface area contributed by atoms with E-state index in [1.165, 1.54) is 212 Å². The largest absolute Gasteiger partial charge is 0.472 e. The van der Waals surface area contributed by atoms with E-state index in [-0.39, 0.29) is 25.7 Å². The van der Waals surface area contributed by atoms with E-state index in [0.717, 1.165) is 109 Å². The van der Waals surface area contributed by atoms with Crippen molar-refractivity contribution in [2.75, 3.05) is 39.6 Å². The summed E-state index contributed by atoms with van der Waals surface area (Å²) in [7, 11) is -9.93. The van der Waals surface area contributed by atoms with Crippen molar-refractivity contribution < 1.29 is 80.2 Å². The van der Waals surface area contributed by atoms with Crippen LogP contribution in [0, 0.1) is 5.92 Å². The first-order chi connectivity index (χ1) is 48.0. The SMILES string of the molecule is CCCCCC/C=C\C=C/CCCCCCCC(=O)O[C@H](COC(=O)CCCCCCCCCCCCC)COP(=O)(O)OC[C@H](O)COP(=O)(O)OC[C@@H](COC(=O)CCCCCCCCCCCCCCCCCC)OC(=O)CCCCCCCCCCCCCCCCC(C)C. The average Bonchev–Trinajstić information content (AvgIpc) is 2.25. The summed E-state index contributed by atoms with van der Waals surface area (Å²) in [5.41, 5.74) is 0. The van der Waals surface area contributed by atoms with Crippen LogP contribution in [0.3, 0.4) is 0 Å². The first-order valence-electron chi connectivity index (χ1n) is 41.0. The zero-order valence-electron chi connectivity index (χ0n) is 64.1. The number of carbonyl (C=O) groups is 4. The third-order valence-electron chi connectivity index (χ3n) is 18.2. The minimum Gasteiger partial charge on any atom is -0.462 e. The number of aliphatic hydroxyl groups excluding tert-OH is 1. The zero-order chi connectivity index (χ0) is 72.7. The number of rotatable bonds is 78. The van der Waals surface area contributed by atoms with Gasteiger partial charge in [-0.2, -0.15) is 0 Å². The van der Waals surface area contributed by atoms with Crippen molar-refractivity contribution in [2.45, 2.75) is 419 Å². The van der Waals surface area contributed by atoms with Crippen molar-refractivity contribution in [1.82, 2.24) is 0 Å². The second kappa shape index (κ2) is 72.5. The topological polar surface area (TPSA) is 237 Å². The highest BCUT2D eigenvalue weighted by Crippen LogP contribution is 2.45. The van der Waals surface area contributed by atoms with E-state index in [4.69, 9.17) is 37.0 Å². The highest BCUT2D eigenvalue weighted by Gasteiger charge is 2.30. The fourth-order valence-electron chi connectivity index (χ4n) is 11.9. The summed E-state index contributed by atoms with van der Waals surface area (Å²) in [6, 6.07) is 0. The lowest BCUT2D eigenvalue weighted by atomic mass is 10.0. The Hall–Kier alpha value is -2.46. The minimum absolute atomic E-state index is 0.0856. The molecule has 0 heterocycles. The number of unbranched alkanes of at least 4 members (excludes halogenated alkanes) is 47. The van der Waals surface area contributed by atoms with E-state index in [2.05, 4.69) is 58.9 Å². The van der Waals surface area contributed by atoms with Crippen molar-refractivity contribution in [2.24, 2.45) is 5.92 Å². The van der Waals surface area contributed by atoms with Crippen LogP contribution in [-0.4, -0.2) is 96.7 Å². The van der Waals surface area contributed by atoms with Crippen LogP contribution in [0.1, 0.15) is 401 Å². The molecule has 0 aliphatic heterocycles. The van der Waals surface area contributed by atoms with Crippen LogP contribution in [0.5, 0.6) is 0 Å². The second-order valence-electron chi connectivity index (χ2n) is 28.6. The fourth-order valence-corrected chi connectivity index (χ4v) is 13.4. The fraction of sp³-hybridized carbons (Fsp3) is 0.900. The van der Waals surface area contributed by atoms with E-state index in [1.54, 1.807) is 0 Å². The molecule has 0 spiro atoms. The number of allylic oxidation sites excluding steroid dienone is 4. The Kier molecular flexibility index (Phi) is 70.7. The number of phosphoric acid groups is 2. The standard InChI is InChI=1S/C80H152O17P2/c1-6-9-12-15-18-21-24-26-28-30-34-39-44-49-54-59-64-78(83)91-70-76(97-80(85)66-61-56-51-46-41-36-32-31-33-38-42-47-52-57-62-73(4)5)72-95-99(88,89)93-68-74(81)67-92-98(86,87)94-71-75(69-90-77(82)63-58-53-48-43-37-23-20-17-14-11-8-3)96-79(84)65-60-55-50-45-40-35-29-27-25-22-19-16-13-10-7-2/h22,25,27,29,73-76,81H,6-21,23-24,26,28,30-72H2,1-5H3,(H,86,87)(H,88,89)/b25-22-,29-27-/t74-,75+,76+/m0/s1. The molecule has 0 rings (SSSR count). The molecule has 99 heavy (non-hydrogen) atoms. The summed E-state index contributed by atoms with van der Waals surface area (Å²) in [6.45, 7) is 7.28. The lowest BCUT2D eigenvalue weighted by Crippen LogP contribution is -2.30. The summed E-state index contributed by atoms with van der Waals surface area (Å²) in [6.07, 6.45) is 65.9. The van der Waals surface area contributed by atoms with Gasteiger partial charge in [-0.15, -0.1) is 0 Å². The maximum Gasteiger partial charge on any atom is 0.472 e. The van der Waals surface area contributed by atoms with E-state index in [1.807, 2.05) is 0 Å². The molecule has 584 valence electrons. The molecule has 0 amide bonds. The molecule has 0 saturated carbocycles. The number of hydrogen-bond donors (Lipinski definition) is 3. The van der Waals surface area contributed by atoms with Gasteiger partial charge in [0.2, 0.25) is 0 Å². The normalized spacial score (nSPS) is 14.0. The number of ether oxygens (including phenoxy) is 4. The summed E-state index contributed by atoms with van der Waals surface area (Å²) in [4.78, 5) is 73.0. The van der Waals surface area contributed by atoms with Crippen molar-refractivity contribution in [3.05, 3.63) is 24.3 Å². The Morgan fingerprint density at radius 1 is 0.313 bits per heavy atom. The molecule has 0 aromatic rings. The second-order valence-corrected chi connectivity index (χ2v) is 31.5. The Bertz CT molecular complexity index is 1990. The quantitative estimate of drug-likeness (QED) is 0.0169. The maximum absolute atomic E-state index is 13.1. The van der Waals surface area contributed by atoms with Crippen molar-refractivity contribution in [3.8, 4) is 0 Å². The molecule has 19 heteroatoms. The zero-order valence-corrected chi connectivity index (χ0v) is 65.9. The van der Waals surface area contributed by atoms with Gasteiger partial charge in [-0.25, -0.2) is 9.13 Å². The average molecular weight is 1450 g/mol. The van der Waals surface area contributed by atoms with E-state index >= 15 is 0 Å². The van der Waals surface area contributed by atoms with Gasteiger partial charge < -0.3 is 33.8 Å². The van der Waals surface area contributed by atoms with Crippen LogP contribution in [0.4, 0.5) is 0 Å². The van der Waals surface area contributed by atoms with Crippen LogP contribution in [-0.2, 0) is 65.4 Å². The molecule has 0 aromatic heterocycles. The molecule has 17 nitrogen and oxygen atoms in total. The van der Waals surface area contributed by atoms with Gasteiger partial charge in [0.25, 0.3) is 0 Å². The van der Waals surface area contributed by atoms with Gasteiger partial charge >= 0.3 is 39.5 Å². The molecular formula is C80H152O17P2. The first-order valence-corrected chi connectivity index (χ1v) is 43.9. The molecule has 0 saturated heterocycles. The maximum atomic E-state index is 13.1. The predicted molar refractivity (Wildman–Crippen MR) is 404 cm³/mol. The predicted octanol–water partition coefficient (Wildman–Crippen LogP) is 23.6. The van der Waals surface area contributed by atoms with Crippen molar-refractivity contribution in [3.63, 3.8) is 0 Å². The number of carbonyl (C=O) groups excluding carboxylic acids is 4. The van der Waals surface area contributed by atoms with Gasteiger partial charge in [-0.1, -0.05) is 348 Å². The molecule has 0 bridgehead atoms. The molecule has 0 fully saturated rings. The number of aliphatic hydroxyl groups is 1. The van der Waals surface area contributed by atoms with Crippen LogP contribution in [0.25, 0.3) is 0 Å². The van der Waals surface area contributed by atoms with Gasteiger partial charge in [0, 0.05) is 25.7 Å². The summed E-state index contributed by atoms with van der Waals surface area (Å²) >= 11 is 0. The molecule has 5 atom stereocenters. The van der Waals surface area contributed by atoms with E-state index < -0.39 is 97.5 Å². The molecule has 0 aromatic carbocycles. The number of hydrogen-bond acceptors (Lipinski definition) is 15. The molecule has 2 unspecified atom stereocenters. The molecule has 0 aliphatic rings. The van der Waals surface area contributed by atoms with Crippen molar-refractivity contribution >= 4 is 39.5 Å². The van der Waals surface area contributed by atoms with E-state index in [9.17, 15) is 43.2 Å². The Morgan fingerprint density at radius 3 is 0.828 bits per heavy atom. The lowest BCUT2D eigenvalue weighted by molar-refractivity contribution is -0.161. The smallest absolute Gasteiger partial charge is 0.462 e. The third kappa shape index (κ3) is 73.6. The van der Waals surface area contributed by atoms with Gasteiger partial charge in [-0.05, 0) is 57.3 Å². The lowest BCUT2D eigenvalue weighted by Gasteiger charge is -2.21. The monoisotopic (exact) mass is 1450 g/mol. The summed E-state index contributed by atoms with van der Waals surface area (Å²) in [5, 5.41) is 10.6. The highest BCUT2D eigenvalue weighted by molar-refractivity contribution is 7.47. The van der Waals surface area contributed by atoms with Gasteiger partial charge in [0.1, 0.15) is 19.3 Å². The van der Waals surface area contributed by atoms with Crippen LogP contribution in [0.2, 0.25) is 0 Å². The van der Waals surface area contributed by atoms with Crippen LogP contribution < -0.4 is 0 Å². The van der Waals surface area contributed by atoms with Crippen LogP contribution in [0.15, 0.2) is 24.3 Å². The molecule has 0 radical (unpaired) electrons. The third-order valence-corrected chi connectivity index (χ3v) is 20.1. The summed E-state index contributed by atoms with van der Waals surface area (Å²) in [5.74, 6) is -1.34. The van der Waals surface area contributed by atoms with Gasteiger partial charge in [0.05, 0.1) is 26.4 Å². The first kappa shape index (κ1) is 96.5. The number of phosphoric ester groups is 2. The highest BCUT2D eigenvalue weighted by atomic mass is 31.2. The molecular weight excluding hydrogens is 1290 g/mol. The Labute approximate surface area is 605 Å². The van der Waals surface area contributed by atoms with Gasteiger partial charge in [0.15, 0.2) is 12.2 Å². The van der Waals surface area contributed by atoms with Crippen LogP contribution >= 0.6 is 15.6 Å². The van der Waals surface area contributed by atoms with E-state index in [0.29, 0.717) is 25.7 Å². The number of esters is 4. The molecule has 3 N–H and O–H groups in total. The molecule has 0 aliphatic carbocycles.